The van der Waals surface area contributed by atoms with Gasteiger partial charge in [0.05, 0.1) is 0 Å². The van der Waals surface area contributed by atoms with Crippen LogP contribution in [-0.4, -0.2) is 19.6 Å². The molecule has 54 valence electrons. The van der Waals surface area contributed by atoms with Gasteiger partial charge in [-0.3, -0.25) is 0 Å². The second-order valence-electron chi connectivity index (χ2n) is 1.74. The molecule has 0 atom stereocenters. The van der Waals surface area contributed by atoms with E-state index in [1.807, 2.05) is 5.48 Å². The molecule has 0 fully saturated rings. The van der Waals surface area contributed by atoms with Crippen LogP contribution < -0.4 is 10.8 Å². The molecule has 9 heavy (non-hydrogen) atoms. The van der Waals surface area contributed by atoms with Crippen molar-refractivity contribution in [2.24, 2.45) is 0 Å². The molecule has 0 rings (SSSR count). The van der Waals surface area contributed by atoms with Gasteiger partial charge in [-0.05, 0) is 19.5 Å². The van der Waals surface area contributed by atoms with Gasteiger partial charge in [-0.2, -0.15) is 0 Å². The Morgan fingerprint density at radius 1 is 1.44 bits per heavy atom. The van der Waals surface area contributed by atoms with Gasteiger partial charge in [0, 0.05) is 6.54 Å². The lowest BCUT2D eigenvalue weighted by Crippen LogP contribution is -2.18. The topological polar surface area (TPSA) is 47.1 Å². The molecule has 0 aromatic rings. The van der Waals surface area contributed by atoms with Crippen molar-refractivity contribution in [1.29, 1.82) is 0 Å². The SMILES string of the molecule is C=CCNCCCN[O-]. The van der Waals surface area contributed by atoms with E-state index in [0.717, 1.165) is 19.5 Å². The molecule has 3 nitrogen and oxygen atoms in total. The summed E-state index contributed by atoms with van der Waals surface area (Å²) in [5.74, 6) is 0. The van der Waals surface area contributed by atoms with E-state index in [9.17, 15) is 5.21 Å². The van der Waals surface area contributed by atoms with Crippen LogP contribution in [0.2, 0.25) is 0 Å². The molecule has 0 saturated carbocycles. The van der Waals surface area contributed by atoms with Gasteiger partial charge < -0.3 is 16.0 Å². The molecule has 0 saturated heterocycles. The lowest BCUT2D eigenvalue weighted by Gasteiger charge is -2.05. The Morgan fingerprint density at radius 2 is 2.22 bits per heavy atom. The van der Waals surface area contributed by atoms with Crippen molar-refractivity contribution in [3.63, 3.8) is 0 Å². The Kier molecular flexibility index (Phi) is 7.30. The molecular formula is C6H13N2O-. The molecule has 0 heterocycles. The van der Waals surface area contributed by atoms with Crippen LogP contribution in [0.3, 0.4) is 0 Å². The van der Waals surface area contributed by atoms with Crippen molar-refractivity contribution in [3.05, 3.63) is 17.9 Å². The van der Waals surface area contributed by atoms with Crippen molar-refractivity contribution < 1.29 is 0 Å². The largest absolute Gasteiger partial charge is 0.788 e. The lowest BCUT2D eigenvalue weighted by atomic mass is 10.4. The summed E-state index contributed by atoms with van der Waals surface area (Å²) < 4.78 is 0. The third kappa shape index (κ3) is 7.62. The molecule has 0 aliphatic heterocycles. The maximum absolute atomic E-state index is 9.66. The van der Waals surface area contributed by atoms with Crippen molar-refractivity contribution >= 4 is 0 Å². The molecule has 0 aliphatic carbocycles. The number of hydrogen-bond acceptors (Lipinski definition) is 3. The summed E-state index contributed by atoms with van der Waals surface area (Å²) >= 11 is 0. The second-order valence-corrected chi connectivity index (χ2v) is 1.74. The maximum atomic E-state index is 9.66. The number of rotatable bonds is 6. The van der Waals surface area contributed by atoms with Gasteiger partial charge in [0.2, 0.25) is 0 Å². The average molecular weight is 129 g/mol. The summed E-state index contributed by atoms with van der Waals surface area (Å²) in [6.07, 6.45) is 2.67. The van der Waals surface area contributed by atoms with Gasteiger partial charge in [-0.25, -0.2) is 0 Å². The maximum Gasteiger partial charge on any atom is 0.0132 e. The summed E-state index contributed by atoms with van der Waals surface area (Å²) in [7, 11) is 0. The van der Waals surface area contributed by atoms with E-state index in [-0.39, 0.29) is 0 Å². The van der Waals surface area contributed by atoms with Gasteiger partial charge >= 0.3 is 0 Å². The van der Waals surface area contributed by atoms with Gasteiger partial charge in [0.15, 0.2) is 0 Å². The smallest absolute Gasteiger partial charge is 0.0132 e. The first kappa shape index (κ1) is 8.62. The molecule has 0 spiro atoms. The van der Waals surface area contributed by atoms with Crippen LogP contribution in [0, 0.1) is 5.21 Å². The normalized spacial score (nSPS) is 9.44. The quantitative estimate of drug-likeness (QED) is 0.307. The first-order chi connectivity index (χ1) is 4.41. The molecule has 2 N–H and O–H groups in total. The van der Waals surface area contributed by atoms with Crippen molar-refractivity contribution in [3.8, 4) is 0 Å². The summed E-state index contributed by atoms with van der Waals surface area (Å²) in [6, 6.07) is 0. The highest BCUT2D eigenvalue weighted by molar-refractivity contribution is 4.69. The monoisotopic (exact) mass is 129 g/mol. The highest BCUT2D eigenvalue weighted by Gasteiger charge is 1.79. The van der Waals surface area contributed by atoms with E-state index in [4.69, 9.17) is 0 Å². The predicted molar refractivity (Wildman–Crippen MR) is 39.1 cm³/mol. The third-order valence-electron chi connectivity index (χ3n) is 0.921. The van der Waals surface area contributed by atoms with E-state index in [0.29, 0.717) is 6.54 Å². The van der Waals surface area contributed by atoms with Crippen molar-refractivity contribution in [2.75, 3.05) is 19.6 Å². The minimum atomic E-state index is 0.532. The Morgan fingerprint density at radius 3 is 2.78 bits per heavy atom. The average Bonchev–Trinajstić information content (AvgIpc) is 1.89. The molecule has 0 aromatic carbocycles. The fourth-order valence-electron chi connectivity index (χ4n) is 0.490. The summed E-state index contributed by atoms with van der Waals surface area (Å²) in [5.41, 5.74) is 1.83. The Hall–Kier alpha value is -0.380. The van der Waals surface area contributed by atoms with Crippen molar-refractivity contribution in [2.45, 2.75) is 6.42 Å². The highest BCUT2D eigenvalue weighted by Crippen LogP contribution is 1.70. The van der Waals surface area contributed by atoms with Gasteiger partial charge in [-0.15, -0.1) is 6.58 Å². The van der Waals surface area contributed by atoms with E-state index in [1.165, 1.54) is 0 Å². The Balaban J connectivity index is 2.66. The van der Waals surface area contributed by atoms with Crippen LogP contribution in [0.1, 0.15) is 6.42 Å². The molecule has 3 heteroatoms. The van der Waals surface area contributed by atoms with Crippen LogP contribution in [0.25, 0.3) is 0 Å². The van der Waals surface area contributed by atoms with Crippen LogP contribution in [0.5, 0.6) is 0 Å². The summed E-state index contributed by atoms with van der Waals surface area (Å²) in [6.45, 7) is 5.77. The lowest BCUT2D eigenvalue weighted by molar-refractivity contribution is 0.669. The fraction of sp³-hybridized carbons (Fsp3) is 0.667. The zero-order valence-electron chi connectivity index (χ0n) is 5.52. The number of hydrogen-bond donors (Lipinski definition) is 2. The van der Waals surface area contributed by atoms with E-state index in [1.54, 1.807) is 6.08 Å². The molecule has 0 aliphatic rings. The number of hydroxylamine groups is 1. The van der Waals surface area contributed by atoms with E-state index < -0.39 is 0 Å². The second kappa shape index (κ2) is 7.62. The molecule has 0 radical (unpaired) electrons. The van der Waals surface area contributed by atoms with Gasteiger partial charge in [-0.1, -0.05) is 6.08 Å². The highest BCUT2D eigenvalue weighted by atomic mass is 16.5. The van der Waals surface area contributed by atoms with Gasteiger partial charge in [0.1, 0.15) is 0 Å². The van der Waals surface area contributed by atoms with Gasteiger partial charge in [0.25, 0.3) is 0 Å². The standard InChI is InChI=1S/C6H13N2O/c1-2-4-7-5-3-6-8-9/h2,7-8H,1,3-6H2/q-1. The van der Waals surface area contributed by atoms with Crippen molar-refractivity contribution in [1.82, 2.24) is 10.8 Å². The molecule has 0 amide bonds. The first-order valence-corrected chi connectivity index (χ1v) is 3.08. The molecule has 0 bridgehead atoms. The Labute approximate surface area is 55.7 Å². The van der Waals surface area contributed by atoms with E-state index in [2.05, 4.69) is 11.9 Å². The summed E-state index contributed by atoms with van der Waals surface area (Å²) in [5, 5.41) is 12.7. The zero-order chi connectivity index (χ0) is 6.95. The molecular weight excluding hydrogens is 116 g/mol. The molecule has 0 aromatic heterocycles. The minimum absolute atomic E-state index is 0.532. The summed E-state index contributed by atoms with van der Waals surface area (Å²) in [4.78, 5) is 0. The van der Waals surface area contributed by atoms with Crippen LogP contribution >= 0.6 is 0 Å². The fourth-order valence-corrected chi connectivity index (χ4v) is 0.490. The number of nitrogens with one attached hydrogen (secondary N) is 2. The zero-order valence-corrected chi connectivity index (χ0v) is 5.52. The molecule has 0 unspecified atom stereocenters. The van der Waals surface area contributed by atoms with E-state index >= 15 is 0 Å². The Bertz CT molecular complexity index is 66.1. The third-order valence-corrected chi connectivity index (χ3v) is 0.921. The van der Waals surface area contributed by atoms with Crippen LogP contribution in [0.15, 0.2) is 12.7 Å². The predicted octanol–water partition coefficient (Wildman–Crippen LogP) is 0.239. The first-order valence-electron chi connectivity index (χ1n) is 3.08. The van der Waals surface area contributed by atoms with Crippen LogP contribution in [0.4, 0.5) is 0 Å². The minimum Gasteiger partial charge on any atom is -0.788 e. The van der Waals surface area contributed by atoms with Crippen LogP contribution in [-0.2, 0) is 0 Å².